The molecule has 0 saturated carbocycles. The Kier molecular flexibility index (Phi) is 5.01. The van der Waals surface area contributed by atoms with Gasteiger partial charge in [0.2, 0.25) is 0 Å². The number of hydrogen-bond acceptors (Lipinski definition) is 2. The summed E-state index contributed by atoms with van der Waals surface area (Å²) in [7, 11) is 0. The summed E-state index contributed by atoms with van der Waals surface area (Å²) in [5.74, 6) is 0. The monoisotopic (exact) mass is 205 g/mol. The molecule has 0 fully saturated rings. The summed E-state index contributed by atoms with van der Waals surface area (Å²) >= 11 is 0. The van der Waals surface area contributed by atoms with Gasteiger partial charge in [-0.05, 0) is 25.0 Å². The third kappa shape index (κ3) is 4.86. The van der Waals surface area contributed by atoms with E-state index in [9.17, 15) is 4.79 Å². The maximum Gasteiger partial charge on any atom is 0.411 e. The highest BCUT2D eigenvalue weighted by atomic mass is 16.5. The molecule has 80 valence electrons. The predicted octanol–water partition coefficient (Wildman–Crippen LogP) is 3.20. The zero-order valence-corrected chi connectivity index (χ0v) is 8.61. The molecule has 0 aromatic heterocycles. The summed E-state index contributed by atoms with van der Waals surface area (Å²) in [4.78, 5) is 11.2. The van der Waals surface area contributed by atoms with E-state index in [0.29, 0.717) is 6.61 Å². The normalized spacial score (nSPS) is 9.33. The number of anilines is 1. The van der Waals surface area contributed by atoms with Gasteiger partial charge in [0.15, 0.2) is 0 Å². The van der Waals surface area contributed by atoms with Crippen LogP contribution in [0.25, 0.3) is 0 Å². The van der Waals surface area contributed by atoms with Crippen LogP contribution in [0.1, 0.15) is 12.8 Å². The number of hydrogen-bond donors (Lipinski definition) is 1. The van der Waals surface area contributed by atoms with Crippen LogP contribution in [0.4, 0.5) is 10.5 Å². The van der Waals surface area contributed by atoms with Crippen molar-refractivity contribution in [3.63, 3.8) is 0 Å². The molecule has 0 unspecified atom stereocenters. The van der Waals surface area contributed by atoms with Crippen molar-refractivity contribution in [2.45, 2.75) is 12.8 Å². The van der Waals surface area contributed by atoms with E-state index < -0.39 is 6.09 Å². The van der Waals surface area contributed by atoms with Crippen molar-refractivity contribution in [2.24, 2.45) is 0 Å². The molecule has 0 aliphatic heterocycles. The Hall–Kier alpha value is -1.77. The molecule has 0 spiro atoms. The van der Waals surface area contributed by atoms with Crippen LogP contribution in [-0.2, 0) is 4.74 Å². The zero-order chi connectivity index (χ0) is 10.9. The summed E-state index contributed by atoms with van der Waals surface area (Å²) in [6.07, 6.45) is 3.06. The van der Waals surface area contributed by atoms with E-state index in [1.807, 2.05) is 30.3 Å². The van der Waals surface area contributed by atoms with Gasteiger partial charge in [-0.15, -0.1) is 6.58 Å². The summed E-state index contributed by atoms with van der Waals surface area (Å²) in [5.41, 5.74) is 0.742. The molecule has 3 heteroatoms. The van der Waals surface area contributed by atoms with Crippen molar-refractivity contribution in [3.8, 4) is 0 Å². The fourth-order valence-corrected chi connectivity index (χ4v) is 1.07. The molecule has 0 bridgehead atoms. The summed E-state index contributed by atoms with van der Waals surface area (Å²) in [5, 5.41) is 2.63. The fourth-order valence-electron chi connectivity index (χ4n) is 1.07. The zero-order valence-electron chi connectivity index (χ0n) is 8.61. The predicted molar refractivity (Wildman–Crippen MR) is 60.8 cm³/mol. The molecular weight excluding hydrogens is 190 g/mol. The third-order valence-electron chi connectivity index (χ3n) is 1.81. The summed E-state index contributed by atoms with van der Waals surface area (Å²) < 4.78 is 4.95. The topological polar surface area (TPSA) is 38.3 Å². The van der Waals surface area contributed by atoms with Gasteiger partial charge >= 0.3 is 6.09 Å². The molecule has 0 atom stereocenters. The average molecular weight is 205 g/mol. The lowest BCUT2D eigenvalue weighted by Gasteiger charge is -2.05. The van der Waals surface area contributed by atoms with E-state index in [0.717, 1.165) is 18.5 Å². The second-order valence-corrected chi connectivity index (χ2v) is 3.06. The molecule has 0 saturated heterocycles. The number of allylic oxidation sites excluding steroid dienone is 1. The van der Waals surface area contributed by atoms with Crippen LogP contribution in [0.5, 0.6) is 0 Å². The van der Waals surface area contributed by atoms with Crippen molar-refractivity contribution in [1.82, 2.24) is 0 Å². The lowest BCUT2D eigenvalue weighted by molar-refractivity contribution is 0.160. The smallest absolute Gasteiger partial charge is 0.411 e. The molecular formula is C12H15NO2. The SMILES string of the molecule is C=CCCCOC(=O)Nc1ccccc1. The number of carbonyl (C=O) groups excluding carboxylic acids is 1. The van der Waals surface area contributed by atoms with Gasteiger partial charge < -0.3 is 4.74 Å². The average Bonchev–Trinajstić information content (AvgIpc) is 2.26. The van der Waals surface area contributed by atoms with Crippen molar-refractivity contribution in [3.05, 3.63) is 43.0 Å². The molecule has 3 nitrogen and oxygen atoms in total. The first kappa shape index (κ1) is 11.3. The second-order valence-electron chi connectivity index (χ2n) is 3.06. The lowest BCUT2D eigenvalue weighted by Crippen LogP contribution is -2.14. The molecule has 0 aliphatic carbocycles. The Morgan fingerprint density at radius 2 is 2.13 bits per heavy atom. The largest absolute Gasteiger partial charge is 0.449 e. The number of nitrogens with one attached hydrogen (secondary N) is 1. The fraction of sp³-hybridized carbons (Fsp3) is 0.250. The standard InChI is InChI=1S/C12H15NO2/c1-2-3-7-10-15-12(14)13-11-8-5-4-6-9-11/h2,4-6,8-9H,1,3,7,10H2,(H,13,14). The van der Waals surface area contributed by atoms with Crippen LogP contribution in [0, 0.1) is 0 Å². The summed E-state index contributed by atoms with van der Waals surface area (Å²) in [6.45, 7) is 4.01. The Bertz CT molecular complexity index is 309. The van der Waals surface area contributed by atoms with Crippen molar-refractivity contribution < 1.29 is 9.53 Å². The Balaban J connectivity index is 2.22. The van der Waals surface area contributed by atoms with Gasteiger partial charge in [0, 0.05) is 5.69 Å². The van der Waals surface area contributed by atoms with Crippen LogP contribution >= 0.6 is 0 Å². The second kappa shape index (κ2) is 6.65. The molecule has 1 N–H and O–H groups in total. The Labute approximate surface area is 89.8 Å². The van der Waals surface area contributed by atoms with Gasteiger partial charge in [0.25, 0.3) is 0 Å². The maximum absolute atomic E-state index is 11.2. The number of benzene rings is 1. The van der Waals surface area contributed by atoms with Gasteiger partial charge in [-0.1, -0.05) is 24.3 Å². The van der Waals surface area contributed by atoms with Crippen molar-refractivity contribution in [1.29, 1.82) is 0 Å². The molecule has 15 heavy (non-hydrogen) atoms. The van der Waals surface area contributed by atoms with E-state index in [1.54, 1.807) is 6.08 Å². The first-order chi connectivity index (χ1) is 7.33. The van der Waals surface area contributed by atoms with Crippen LogP contribution in [0.15, 0.2) is 43.0 Å². The molecule has 1 aromatic carbocycles. The van der Waals surface area contributed by atoms with Gasteiger partial charge in [-0.25, -0.2) is 4.79 Å². The first-order valence-corrected chi connectivity index (χ1v) is 4.92. The number of amides is 1. The minimum absolute atomic E-state index is 0.412. The number of rotatable bonds is 5. The maximum atomic E-state index is 11.2. The van der Waals surface area contributed by atoms with Crippen molar-refractivity contribution in [2.75, 3.05) is 11.9 Å². The first-order valence-electron chi connectivity index (χ1n) is 4.92. The molecule has 0 radical (unpaired) electrons. The molecule has 1 rings (SSSR count). The van der Waals surface area contributed by atoms with Gasteiger partial charge in [0.05, 0.1) is 6.61 Å². The van der Waals surface area contributed by atoms with Crippen LogP contribution in [-0.4, -0.2) is 12.7 Å². The molecule has 0 heterocycles. The van der Waals surface area contributed by atoms with E-state index in [-0.39, 0.29) is 0 Å². The van der Waals surface area contributed by atoms with Crippen LogP contribution < -0.4 is 5.32 Å². The minimum Gasteiger partial charge on any atom is -0.449 e. The van der Waals surface area contributed by atoms with E-state index >= 15 is 0 Å². The van der Waals surface area contributed by atoms with E-state index in [2.05, 4.69) is 11.9 Å². The quantitative estimate of drug-likeness (QED) is 0.592. The lowest BCUT2D eigenvalue weighted by atomic mass is 10.3. The number of unbranched alkanes of at least 4 members (excludes halogenated alkanes) is 1. The van der Waals surface area contributed by atoms with E-state index in [1.165, 1.54) is 0 Å². The van der Waals surface area contributed by atoms with Crippen LogP contribution in [0.3, 0.4) is 0 Å². The number of para-hydroxylation sites is 1. The molecule has 0 aliphatic rings. The molecule has 1 aromatic rings. The number of ether oxygens (including phenoxy) is 1. The van der Waals surface area contributed by atoms with Crippen LogP contribution in [0.2, 0.25) is 0 Å². The summed E-state index contributed by atoms with van der Waals surface area (Å²) in [6, 6.07) is 9.22. The minimum atomic E-state index is -0.412. The van der Waals surface area contributed by atoms with Crippen molar-refractivity contribution >= 4 is 11.8 Å². The third-order valence-corrected chi connectivity index (χ3v) is 1.81. The van der Waals surface area contributed by atoms with Gasteiger partial charge in [-0.3, -0.25) is 5.32 Å². The highest BCUT2D eigenvalue weighted by molar-refractivity contribution is 5.84. The highest BCUT2D eigenvalue weighted by Gasteiger charge is 2.00. The van der Waals surface area contributed by atoms with Gasteiger partial charge in [0.1, 0.15) is 0 Å². The van der Waals surface area contributed by atoms with E-state index in [4.69, 9.17) is 4.74 Å². The highest BCUT2D eigenvalue weighted by Crippen LogP contribution is 2.05. The Morgan fingerprint density at radius 3 is 2.80 bits per heavy atom. The number of carbonyl (C=O) groups is 1. The molecule has 1 amide bonds. The Morgan fingerprint density at radius 1 is 1.40 bits per heavy atom. The van der Waals surface area contributed by atoms with Gasteiger partial charge in [-0.2, -0.15) is 0 Å².